The summed E-state index contributed by atoms with van der Waals surface area (Å²) in [5, 5.41) is 3.25. The predicted molar refractivity (Wildman–Crippen MR) is 92.7 cm³/mol. The number of nitrogens with zero attached hydrogens (tertiary/aromatic N) is 2. The highest BCUT2D eigenvalue weighted by Gasteiger charge is 2.13. The van der Waals surface area contributed by atoms with Gasteiger partial charge in [-0.3, -0.25) is 9.69 Å². The van der Waals surface area contributed by atoms with Gasteiger partial charge in [-0.2, -0.15) is 0 Å². The molecule has 2 aromatic heterocycles. The number of H-pyrrole nitrogens is 1. The molecule has 0 fully saturated rings. The number of rotatable bonds is 4. The molecule has 0 aliphatic heterocycles. The van der Waals surface area contributed by atoms with Gasteiger partial charge in [0.15, 0.2) is 0 Å². The molecule has 4 nitrogen and oxygen atoms in total. The van der Waals surface area contributed by atoms with Crippen LogP contribution in [0.2, 0.25) is 5.02 Å². The zero-order valence-electron chi connectivity index (χ0n) is 12.4. The number of hydrogen-bond donors (Lipinski definition) is 1. The quantitative estimate of drug-likeness (QED) is 0.791. The van der Waals surface area contributed by atoms with Crippen LogP contribution in [0, 0.1) is 0 Å². The monoisotopic (exact) mass is 333 g/mol. The molecule has 114 valence electrons. The van der Waals surface area contributed by atoms with E-state index in [1.165, 1.54) is 11.3 Å². The molecular weight excluding hydrogens is 318 g/mol. The molecule has 0 amide bonds. The van der Waals surface area contributed by atoms with Crippen molar-refractivity contribution in [1.82, 2.24) is 14.9 Å². The van der Waals surface area contributed by atoms with Gasteiger partial charge in [0.2, 0.25) is 0 Å². The zero-order chi connectivity index (χ0) is 15.7. The molecule has 0 radical (unpaired) electrons. The van der Waals surface area contributed by atoms with Gasteiger partial charge in [0.1, 0.15) is 10.7 Å². The minimum absolute atomic E-state index is 0.0965. The number of aromatic nitrogens is 2. The molecule has 0 aliphatic carbocycles. The Morgan fingerprint density at radius 2 is 2.23 bits per heavy atom. The van der Waals surface area contributed by atoms with Crippen LogP contribution < -0.4 is 5.56 Å². The van der Waals surface area contributed by atoms with Crippen molar-refractivity contribution >= 4 is 33.2 Å². The van der Waals surface area contributed by atoms with Crippen molar-refractivity contribution in [3.05, 3.63) is 50.8 Å². The maximum Gasteiger partial charge on any atom is 0.260 e. The van der Waals surface area contributed by atoms with Crippen LogP contribution in [-0.2, 0) is 6.54 Å². The highest BCUT2D eigenvalue weighted by molar-refractivity contribution is 7.17. The van der Waals surface area contributed by atoms with Crippen molar-refractivity contribution in [2.45, 2.75) is 13.5 Å². The Morgan fingerprint density at radius 1 is 1.41 bits per heavy atom. The number of halogens is 1. The second kappa shape index (κ2) is 6.20. The topological polar surface area (TPSA) is 49.0 Å². The van der Waals surface area contributed by atoms with Crippen LogP contribution in [0.3, 0.4) is 0 Å². The lowest BCUT2D eigenvalue weighted by molar-refractivity contribution is 0.336. The SMILES string of the molecule is CCN(C)Cc1nc2scc(-c3cccc(Cl)c3)c2c(=O)[nH]1. The standard InChI is InChI=1S/C16H16ClN3OS/c1-3-20(2)8-13-18-15(21)14-12(9-22-16(14)19-13)10-5-4-6-11(17)7-10/h4-7,9H,3,8H2,1-2H3,(H,18,19,21). The number of aromatic amines is 1. The van der Waals surface area contributed by atoms with E-state index in [1.54, 1.807) is 0 Å². The summed E-state index contributed by atoms with van der Waals surface area (Å²) in [5.74, 6) is 0.696. The Morgan fingerprint density at radius 3 is 2.95 bits per heavy atom. The van der Waals surface area contributed by atoms with E-state index in [9.17, 15) is 4.79 Å². The second-order valence-corrected chi connectivity index (χ2v) is 6.48. The van der Waals surface area contributed by atoms with Crippen molar-refractivity contribution in [3.63, 3.8) is 0 Å². The molecule has 22 heavy (non-hydrogen) atoms. The molecule has 1 aromatic carbocycles. The first-order chi connectivity index (χ1) is 10.6. The molecule has 3 aromatic rings. The first-order valence-electron chi connectivity index (χ1n) is 7.03. The Bertz CT molecular complexity index is 871. The van der Waals surface area contributed by atoms with Crippen LogP contribution in [0.1, 0.15) is 12.7 Å². The van der Waals surface area contributed by atoms with Gasteiger partial charge < -0.3 is 4.98 Å². The fraction of sp³-hybridized carbons (Fsp3) is 0.250. The summed E-state index contributed by atoms with van der Waals surface area (Å²) < 4.78 is 0. The maximum atomic E-state index is 12.5. The largest absolute Gasteiger partial charge is 0.309 e. The maximum absolute atomic E-state index is 12.5. The lowest BCUT2D eigenvalue weighted by Gasteiger charge is -2.12. The summed E-state index contributed by atoms with van der Waals surface area (Å²) >= 11 is 7.53. The van der Waals surface area contributed by atoms with Crippen LogP contribution >= 0.6 is 22.9 Å². The summed E-state index contributed by atoms with van der Waals surface area (Å²) in [5.41, 5.74) is 1.72. The first-order valence-corrected chi connectivity index (χ1v) is 8.29. The molecule has 0 unspecified atom stereocenters. The third-order valence-electron chi connectivity index (χ3n) is 3.59. The van der Waals surface area contributed by atoms with Gasteiger partial charge in [0, 0.05) is 16.0 Å². The molecule has 1 N–H and O–H groups in total. The summed E-state index contributed by atoms with van der Waals surface area (Å²) in [7, 11) is 2.00. The Kier molecular flexibility index (Phi) is 4.29. The van der Waals surface area contributed by atoms with E-state index in [-0.39, 0.29) is 5.56 Å². The van der Waals surface area contributed by atoms with E-state index in [2.05, 4.69) is 21.8 Å². The molecule has 6 heteroatoms. The molecular formula is C16H16ClN3OS. The van der Waals surface area contributed by atoms with E-state index in [0.29, 0.717) is 22.8 Å². The van der Waals surface area contributed by atoms with E-state index in [0.717, 1.165) is 22.5 Å². The van der Waals surface area contributed by atoms with E-state index in [4.69, 9.17) is 11.6 Å². The van der Waals surface area contributed by atoms with Crippen LogP contribution in [0.4, 0.5) is 0 Å². The minimum Gasteiger partial charge on any atom is -0.309 e. The van der Waals surface area contributed by atoms with E-state index < -0.39 is 0 Å². The molecule has 0 spiro atoms. The van der Waals surface area contributed by atoms with Crippen molar-refractivity contribution in [1.29, 1.82) is 0 Å². The predicted octanol–water partition coefficient (Wildman–Crippen LogP) is 3.76. The third kappa shape index (κ3) is 2.92. The highest BCUT2D eigenvalue weighted by atomic mass is 35.5. The third-order valence-corrected chi connectivity index (χ3v) is 4.70. The van der Waals surface area contributed by atoms with Gasteiger partial charge in [0.25, 0.3) is 5.56 Å². The average molecular weight is 334 g/mol. The van der Waals surface area contributed by atoms with Gasteiger partial charge in [-0.05, 0) is 31.3 Å². The van der Waals surface area contributed by atoms with Crippen molar-refractivity contribution in [2.75, 3.05) is 13.6 Å². The minimum atomic E-state index is -0.0965. The molecule has 3 rings (SSSR count). The average Bonchev–Trinajstić information content (AvgIpc) is 2.91. The summed E-state index contributed by atoms with van der Waals surface area (Å²) in [6.07, 6.45) is 0. The molecule has 0 bridgehead atoms. The van der Waals surface area contributed by atoms with Crippen molar-refractivity contribution in [2.24, 2.45) is 0 Å². The smallest absolute Gasteiger partial charge is 0.260 e. The molecule has 0 atom stereocenters. The Hall–Kier alpha value is -1.69. The number of hydrogen-bond acceptors (Lipinski definition) is 4. The van der Waals surface area contributed by atoms with Crippen LogP contribution in [0.15, 0.2) is 34.4 Å². The molecule has 2 heterocycles. The summed E-state index contributed by atoms with van der Waals surface area (Å²) in [6, 6.07) is 7.51. The highest BCUT2D eigenvalue weighted by Crippen LogP contribution is 2.31. The van der Waals surface area contributed by atoms with Crippen LogP contribution in [-0.4, -0.2) is 28.5 Å². The molecule has 0 aliphatic rings. The van der Waals surface area contributed by atoms with Gasteiger partial charge in [-0.15, -0.1) is 11.3 Å². The van der Waals surface area contributed by atoms with Crippen molar-refractivity contribution in [3.8, 4) is 11.1 Å². The number of thiophene rings is 1. The number of fused-ring (bicyclic) bond motifs is 1. The normalized spacial score (nSPS) is 11.5. The zero-order valence-corrected chi connectivity index (χ0v) is 14.0. The molecule has 0 saturated carbocycles. The van der Waals surface area contributed by atoms with Crippen molar-refractivity contribution < 1.29 is 0 Å². The Labute approximate surface area is 137 Å². The van der Waals surface area contributed by atoms with Crippen LogP contribution in [0.5, 0.6) is 0 Å². The summed E-state index contributed by atoms with van der Waals surface area (Å²) in [6.45, 7) is 3.60. The van der Waals surface area contributed by atoms with E-state index in [1.807, 2.05) is 36.7 Å². The Balaban J connectivity index is 2.10. The van der Waals surface area contributed by atoms with E-state index >= 15 is 0 Å². The summed E-state index contributed by atoms with van der Waals surface area (Å²) in [4.78, 5) is 22.8. The van der Waals surface area contributed by atoms with Gasteiger partial charge in [-0.1, -0.05) is 30.7 Å². The first kappa shape index (κ1) is 15.2. The second-order valence-electron chi connectivity index (χ2n) is 5.18. The number of benzene rings is 1. The van der Waals surface area contributed by atoms with Gasteiger partial charge in [-0.25, -0.2) is 4.98 Å². The number of nitrogens with one attached hydrogen (secondary N) is 1. The lowest BCUT2D eigenvalue weighted by Crippen LogP contribution is -2.21. The molecule has 0 saturated heterocycles. The van der Waals surface area contributed by atoms with Gasteiger partial charge >= 0.3 is 0 Å². The van der Waals surface area contributed by atoms with Gasteiger partial charge in [0.05, 0.1) is 11.9 Å². The van der Waals surface area contributed by atoms with Crippen LogP contribution in [0.25, 0.3) is 21.3 Å². The fourth-order valence-corrected chi connectivity index (χ4v) is 3.46. The fourth-order valence-electron chi connectivity index (χ4n) is 2.30. The lowest BCUT2D eigenvalue weighted by atomic mass is 10.1.